The predicted octanol–water partition coefficient (Wildman–Crippen LogP) is 21.4. The fourth-order valence-corrected chi connectivity index (χ4v) is 9.65. The second-order valence-electron chi connectivity index (χ2n) is 21.7. The van der Waals surface area contributed by atoms with Gasteiger partial charge in [-0.05, 0) is 51.4 Å². The highest BCUT2D eigenvalue weighted by Gasteiger charge is 2.19. The molecule has 0 heterocycles. The minimum absolute atomic E-state index is 0.0651. The van der Waals surface area contributed by atoms with Crippen LogP contribution in [-0.2, 0) is 28.6 Å². The number of carbonyl (C=O) groups is 3. The van der Waals surface area contributed by atoms with Crippen LogP contribution in [0.3, 0.4) is 0 Å². The number of hydrogen-bond acceptors (Lipinski definition) is 6. The smallest absolute Gasteiger partial charge is 0.306 e. The maximum Gasteiger partial charge on any atom is 0.306 e. The number of esters is 3. The van der Waals surface area contributed by atoms with Crippen molar-refractivity contribution >= 4 is 17.9 Å². The molecular formula is C65H122O6. The Morgan fingerprint density at radius 1 is 0.282 bits per heavy atom. The Balaban J connectivity index is 4.18. The number of allylic oxidation sites excluding steroid dienone is 4. The van der Waals surface area contributed by atoms with E-state index in [1.54, 1.807) is 0 Å². The summed E-state index contributed by atoms with van der Waals surface area (Å²) in [5.41, 5.74) is 0. The largest absolute Gasteiger partial charge is 0.462 e. The molecule has 1 atom stereocenters. The Labute approximate surface area is 443 Å². The lowest BCUT2D eigenvalue weighted by Gasteiger charge is -2.18. The topological polar surface area (TPSA) is 78.9 Å². The van der Waals surface area contributed by atoms with Crippen molar-refractivity contribution in [3.8, 4) is 0 Å². The van der Waals surface area contributed by atoms with Crippen LogP contribution in [0.4, 0.5) is 0 Å². The van der Waals surface area contributed by atoms with Gasteiger partial charge in [0.15, 0.2) is 6.10 Å². The van der Waals surface area contributed by atoms with E-state index in [0.29, 0.717) is 19.3 Å². The zero-order chi connectivity index (χ0) is 51.4. The molecule has 0 aromatic rings. The first kappa shape index (κ1) is 68.9. The van der Waals surface area contributed by atoms with Crippen LogP contribution in [0.25, 0.3) is 0 Å². The molecule has 6 nitrogen and oxygen atoms in total. The van der Waals surface area contributed by atoms with Crippen molar-refractivity contribution in [2.45, 2.75) is 361 Å². The molecule has 0 rings (SSSR count). The molecule has 0 aliphatic rings. The van der Waals surface area contributed by atoms with E-state index in [9.17, 15) is 14.4 Å². The quantitative estimate of drug-likeness (QED) is 0.0261. The molecule has 1 unspecified atom stereocenters. The summed E-state index contributed by atoms with van der Waals surface area (Å²) in [6, 6.07) is 0. The molecule has 0 aromatic carbocycles. The minimum atomic E-state index is -0.766. The van der Waals surface area contributed by atoms with Crippen molar-refractivity contribution in [2.24, 2.45) is 0 Å². The monoisotopic (exact) mass is 999 g/mol. The summed E-state index contributed by atoms with van der Waals surface area (Å²) in [5, 5.41) is 0. The van der Waals surface area contributed by atoms with Gasteiger partial charge in [-0.15, -0.1) is 0 Å². The van der Waals surface area contributed by atoms with E-state index in [-0.39, 0.29) is 31.1 Å². The van der Waals surface area contributed by atoms with E-state index in [2.05, 4.69) is 45.1 Å². The van der Waals surface area contributed by atoms with Crippen LogP contribution in [0.2, 0.25) is 0 Å². The highest BCUT2D eigenvalue weighted by Crippen LogP contribution is 2.18. The fraction of sp³-hybridized carbons (Fsp3) is 0.892. The highest BCUT2D eigenvalue weighted by molar-refractivity contribution is 5.71. The van der Waals surface area contributed by atoms with Gasteiger partial charge in [-0.1, -0.05) is 308 Å². The summed E-state index contributed by atoms with van der Waals surface area (Å²) in [5.74, 6) is -0.841. The molecule has 0 amide bonds. The second-order valence-corrected chi connectivity index (χ2v) is 21.7. The molecule has 0 bridgehead atoms. The fourth-order valence-electron chi connectivity index (χ4n) is 9.65. The summed E-state index contributed by atoms with van der Waals surface area (Å²) in [4.78, 5) is 38.2. The van der Waals surface area contributed by atoms with Gasteiger partial charge in [-0.25, -0.2) is 0 Å². The predicted molar refractivity (Wildman–Crippen MR) is 307 cm³/mol. The van der Waals surface area contributed by atoms with Crippen molar-refractivity contribution < 1.29 is 28.6 Å². The highest BCUT2D eigenvalue weighted by atomic mass is 16.6. The Kier molecular flexibility index (Phi) is 58.6. The van der Waals surface area contributed by atoms with Crippen LogP contribution < -0.4 is 0 Å². The zero-order valence-corrected chi connectivity index (χ0v) is 48.0. The van der Waals surface area contributed by atoms with Crippen molar-refractivity contribution in [1.29, 1.82) is 0 Å². The molecule has 71 heavy (non-hydrogen) atoms. The van der Waals surface area contributed by atoms with Crippen LogP contribution >= 0.6 is 0 Å². The van der Waals surface area contributed by atoms with Crippen LogP contribution in [0.5, 0.6) is 0 Å². The normalized spacial score (nSPS) is 12.1. The van der Waals surface area contributed by atoms with Gasteiger partial charge in [-0.3, -0.25) is 14.4 Å². The first-order chi connectivity index (χ1) is 35.0. The number of rotatable bonds is 59. The van der Waals surface area contributed by atoms with Gasteiger partial charge >= 0.3 is 17.9 Å². The van der Waals surface area contributed by atoms with Gasteiger partial charge in [-0.2, -0.15) is 0 Å². The van der Waals surface area contributed by atoms with Crippen molar-refractivity contribution in [1.82, 2.24) is 0 Å². The average Bonchev–Trinajstić information content (AvgIpc) is 3.37. The van der Waals surface area contributed by atoms with Gasteiger partial charge in [0.25, 0.3) is 0 Å². The second kappa shape index (κ2) is 60.4. The van der Waals surface area contributed by atoms with E-state index >= 15 is 0 Å². The zero-order valence-electron chi connectivity index (χ0n) is 48.0. The van der Waals surface area contributed by atoms with Crippen molar-refractivity contribution in [3.63, 3.8) is 0 Å². The lowest BCUT2D eigenvalue weighted by molar-refractivity contribution is -0.167. The van der Waals surface area contributed by atoms with E-state index in [0.717, 1.165) is 64.2 Å². The van der Waals surface area contributed by atoms with Crippen LogP contribution in [0.15, 0.2) is 24.3 Å². The average molecular weight is 1000 g/mol. The summed E-state index contributed by atoms with van der Waals surface area (Å²) >= 11 is 0. The van der Waals surface area contributed by atoms with Crippen molar-refractivity contribution in [2.75, 3.05) is 13.2 Å². The molecule has 0 N–H and O–H groups in total. The molecule has 6 heteroatoms. The Bertz CT molecular complexity index is 1150. The molecule has 0 radical (unpaired) electrons. The number of unbranched alkanes of at least 4 members (excludes halogenated alkanes) is 44. The first-order valence-corrected chi connectivity index (χ1v) is 31.8. The van der Waals surface area contributed by atoms with Gasteiger partial charge in [0.1, 0.15) is 13.2 Å². The number of ether oxygens (including phenoxy) is 3. The molecular weight excluding hydrogens is 877 g/mol. The standard InChI is InChI=1S/C65H122O6/c1-4-7-10-13-16-19-22-24-26-28-30-31-32-33-34-35-36-38-39-41-43-46-49-52-55-58-64(67)70-61-62(60-69-63(66)57-54-51-48-45-21-18-15-12-9-6-3)71-65(68)59-56-53-50-47-44-42-40-37-29-27-25-23-20-17-14-11-8-5-2/h22,24,28,30,62H,4-21,23,25-27,29,31-61H2,1-3H3/b24-22-,30-28-. The Morgan fingerprint density at radius 3 is 0.775 bits per heavy atom. The minimum Gasteiger partial charge on any atom is -0.462 e. The Morgan fingerprint density at radius 2 is 0.507 bits per heavy atom. The van der Waals surface area contributed by atoms with Crippen molar-refractivity contribution in [3.05, 3.63) is 24.3 Å². The van der Waals surface area contributed by atoms with Gasteiger partial charge < -0.3 is 14.2 Å². The molecule has 418 valence electrons. The molecule has 0 aromatic heterocycles. The summed E-state index contributed by atoms with van der Waals surface area (Å²) in [6.45, 7) is 6.68. The molecule has 0 saturated carbocycles. The summed E-state index contributed by atoms with van der Waals surface area (Å²) in [7, 11) is 0. The molecule has 0 saturated heterocycles. The third-order valence-corrected chi connectivity index (χ3v) is 14.5. The maximum atomic E-state index is 12.9. The lowest BCUT2D eigenvalue weighted by Crippen LogP contribution is -2.30. The third-order valence-electron chi connectivity index (χ3n) is 14.5. The number of carbonyl (C=O) groups excluding carboxylic acids is 3. The first-order valence-electron chi connectivity index (χ1n) is 31.8. The molecule has 0 spiro atoms. The molecule has 0 aliphatic carbocycles. The van der Waals surface area contributed by atoms with Gasteiger partial charge in [0, 0.05) is 19.3 Å². The van der Waals surface area contributed by atoms with Crippen LogP contribution in [0, 0.1) is 0 Å². The van der Waals surface area contributed by atoms with E-state index in [4.69, 9.17) is 14.2 Å². The Hall–Kier alpha value is -2.11. The van der Waals surface area contributed by atoms with E-state index in [1.165, 1.54) is 250 Å². The van der Waals surface area contributed by atoms with E-state index in [1.807, 2.05) is 0 Å². The SMILES string of the molecule is CCCCCCC/C=C\C/C=C\CCCCCCCCCCCCCCCC(=O)OCC(COC(=O)CCCCCCCCCCCC)OC(=O)CCCCCCCCCCCCCCCCCCCC. The molecule has 0 aliphatic heterocycles. The lowest BCUT2D eigenvalue weighted by atomic mass is 10.0. The molecule has 0 fully saturated rings. The number of hydrogen-bond donors (Lipinski definition) is 0. The summed E-state index contributed by atoms with van der Waals surface area (Å²) in [6.07, 6.45) is 71.9. The van der Waals surface area contributed by atoms with Crippen LogP contribution in [-0.4, -0.2) is 37.2 Å². The maximum absolute atomic E-state index is 12.9. The van der Waals surface area contributed by atoms with Gasteiger partial charge in [0.2, 0.25) is 0 Å². The van der Waals surface area contributed by atoms with Gasteiger partial charge in [0.05, 0.1) is 0 Å². The summed E-state index contributed by atoms with van der Waals surface area (Å²) < 4.78 is 16.9. The van der Waals surface area contributed by atoms with Crippen LogP contribution in [0.1, 0.15) is 355 Å². The third kappa shape index (κ3) is 58.7. The van der Waals surface area contributed by atoms with E-state index < -0.39 is 6.10 Å².